The van der Waals surface area contributed by atoms with Crippen LogP contribution in [0.4, 0.5) is 5.95 Å². The Morgan fingerprint density at radius 2 is 1.58 bits per heavy atom. The highest BCUT2D eigenvalue weighted by molar-refractivity contribution is 7.90. The molecule has 2 aliphatic rings. The van der Waals surface area contributed by atoms with E-state index in [1.165, 1.54) is 12.1 Å². The quantitative estimate of drug-likeness (QED) is 0.387. The van der Waals surface area contributed by atoms with Crippen LogP contribution < -0.4 is 9.47 Å². The SMILES string of the molecule is CC1(S)CC=Nc2nc(CS(=O)(=O)c3ccc4c(c3)OC(c3ccccc3)(c3ccccc3)O4)nn21. The zero-order valence-electron chi connectivity index (χ0n) is 19.3. The number of hydrogen-bond acceptors (Lipinski definition) is 8. The van der Waals surface area contributed by atoms with Crippen molar-refractivity contribution in [3.05, 3.63) is 95.8 Å². The van der Waals surface area contributed by atoms with E-state index in [1.807, 2.05) is 67.6 Å². The van der Waals surface area contributed by atoms with Crippen LogP contribution in [0, 0.1) is 0 Å². The summed E-state index contributed by atoms with van der Waals surface area (Å²) in [7, 11) is -3.79. The summed E-state index contributed by atoms with van der Waals surface area (Å²) in [6.07, 6.45) is 2.27. The maximum Gasteiger partial charge on any atom is 0.305 e. The number of benzene rings is 3. The van der Waals surface area contributed by atoms with Crippen LogP contribution in [0.3, 0.4) is 0 Å². The minimum atomic E-state index is -3.79. The molecule has 0 bridgehead atoms. The minimum absolute atomic E-state index is 0.0895. The van der Waals surface area contributed by atoms with E-state index < -0.39 is 20.5 Å². The van der Waals surface area contributed by atoms with E-state index in [2.05, 4.69) is 27.7 Å². The number of aliphatic imine (C=N–C) groups is 1. The Morgan fingerprint density at radius 1 is 0.944 bits per heavy atom. The van der Waals surface area contributed by atoms with Gasteiger partial charge in [-0.2, -0.15) is 10.1 Å². The van der Waals surface area contributed by atoms with Gasteiger partial charge in [0.2, 0.25) is 5.95 Å². The van der Waals surface area contributed by atoms with E-state index in [4.69, 9.17) is 9.47 Å². The highest BCUT2D eigenvalue weighted by atomic mass is 32.2. The molecule has 4 aromatic rings. The molecule has 1 aromatic heterocycles. The molecule has 36 heavy (non-hydrogen) atoms. The lowest BCUT2D eigenvalue weighted by atomic mass is 9.97. The first kappa shape index (κ1) is 22.8. The molecule has 0 amide bonds. The first-order valence-corrected chi connectivity index (χ1v) is 13.4. The monoisotopic (exact) mass is 518 g/mol. The number of nitrogens with zero attached hydrogens (tertiary/aromatic N) is 4. The van der Waals surface area contributed by atoms with Gasteiger partial charge in [-0.1, -0.05) is 60.7 Å². The van der Waals surface area contributed by atoms with Crippen LogP contribution in [0.15, 0.2) is 88.8 Å². The number of thiol groups is 1. The van der Waals surface area contributed by atoms with Crippen molar-refractivity contribution in [2.75, 3.05) is 0 Å². The molecule has 2 aliphatic heterocycles. The van der Waals surface area contributed by atoms with Crippen molar-refractivity contribution in [3.8, 4) is 11.5 Å². The summed E-state index contributed by atoms with van der Waals surface area (Å²) in [5.74, 6) is -0.317. The Kier molecular flexibility index (Phi) is 5.20. The fourth-order valence-corrected chi connectivity index (χ4v) is 5.75. The van der Waals surface area contributed by atoms with E-state index in [-0.39, 0.29) is 16.5 Å². The average molecular weight is 519 g/mol. The Bertz CT molecular complexity index is 1540. The van der Waals surface area contributed by atoms with Gasteiger partial charge in [0.15, 0.2) is 27.2 Å². The van der Waals surface area contributed by atoms with Crippen molar-refractivity contribution >= 4 is 34.6 Å². The second-order valence-electron chi connectivity index (χ2n) is 8.89. The van der Waals surface area contributed by atoms with Crippen LogP contribution in [-0.4, -0.2) is 29.4 Å². The smallest absolute Gasteiger partial charge is 0.305 e. The normalized spacial score (nSPS) is 19.7. The standard InChI is InChI=1S/C26H22N4O4S2/c1-25(35)14-15-27-24-28-23(29-30(24)25)17-36(31,32)20-12-13-21-22(16-20)34-26(33-21,18-8-4-2-5-9-18)19-10-6-3-7-11-19/h2-13,15-16,35H,14,17H2,1H3. The Balaban J connectivity index is 1.34. The fourth-order valence-electron chi connectivity index (χ4n) is 4.35. The topological polar surface area (TPSA) is 95.7 Å². The van der Waals surface area contributed by atoms with Crippen LogP contribution in [-0.2, 0) is 26.2 Å². The van der Waals surface area contributed by atoms with Gasteiger partial charge in [-0.3, -0.25) is 0 Å². The van der Waals surface area contributed by atoms with Crippen LogP contribution in [0.2, 0.25) is 0 Å². The van der Waals surface area contributed by atoms with Gasteiger partial charge in [0.1, 0.15) is 10.6 Å². The van der Waals surface area contributed by atoms with E-state index in [9.17, 15) is 8.42 Å². The average Bonchev–Trinajstić information content (AvgIpc) is 3.47. The number of fused-ring (bicyclic) bond motifs is 2. The van der Waals surface area contributed by atoms with Gasteiger partial charge >= 0.3 is 5.79 Å². The van der Waals surface area contributed by atoms with Gasteiger partial charge in [0.05, 0.1) is 4.90 Å². The van der Waals surface area contributed by atoms with Crippen LogP contribution in [0.25, 0.3) is 0 Å². The molecule has 8 nitrogen and oxygen atoms in total. The molecule has 3 heterocycles. The van der Waals surface area contributed by atoms with Gasteiger partial charge < -0.3 is 9.47 Å². The summed E-state index contributed by atoms with van der Waals surface area (Å²) in [6, 6.07) is 23.8. The summed E-state index contributed by atoms with van der Waals surface area (Å²) < 4.78 is 41.0. The number of aromatic nitrogens is 3. The number of sulfone groups is 1. The molecule has 6 rings (SSSR count). The maximum absolute atomic E-state index is 13.3. The molecule has 0 saturated heterocycles. The third-order valence-electron chi connectivity index (χ3n) is 6.18. The van der Waals surface area contributed by atoms with Crippen LogP contribution in [0.5, 0.6) is 11.5 Å². The first-order chi connectivity index (χ1) is 17.3. The molecule has 0 saturated carbocycles. The Morgan fingerprint density at radius 3 is 2.22 bits per heavy atom. The summed E-state index contributed by atoms with van der Waals surface area (Å²) in [6.45, 7) is 1.88. The van der Waals surface area contributed by atoms with E-state index >= 15 is 0 Å². The highest BCUT2D eigenvalue weighted by Crippen LogP contribution is 2.48. The van der Waals surface area contributed by atoms with Crippen LogP contribution >= 0.6 is 12.6 Å². The molecule has 0 spiro atoms. The van der Waals surface area contributed by atoms with Gasteiger partial charge in [-0.05, 0) is 19.1 Å². The van der Waals surface area contributed by atoms with Gasteiger partial charge in [0.25, 0.3) is 0 Å². The largest absolute Gasteiger partial charge is 0.440 e. The lowest BCUT2D eigenvalue weighted by Gasteiger charge is -2.28. The van der Waals surface area contributed by atoms with Crippen molar-refractivity contribution in [1.29, 1.82) is 0 Å². The molecule has 1 unspecified atom stereocenters. The molecule has 182 valence electrons. The van der Waals surface area contributed by atoms with Gasteiger partial charge in [-0.25, -0.2) is 18.1 Å². The zero-order chi connectivity index (χ0) is 25.0. The third-order valence-corrected chi connectivity index (χ3v) is 8.17. The molecular weight excluding hydrogens is 496 g/mol. The van der Waals surface area contributed by atoms with E-state index in [0.717, 1.165) is 11.1 Å². The second-order valence-corrected chi connectivity index (χ2v) is 11.8. The molecular formula is C26H22N4O4S2. The lowest BCUT2D eigenvalue weighted by molar-refractivity contribution is -0.0459. The summed E-state index contributed by atoms with van der Waals surface area (Å²) in [4.78, 5) is 7.99. The zero-order valence-corrected chi connectivity index (χ0v) is 21.0. The molecule has 1 atom stereocenters. The van der Waals surface area contributed by atoms with Crippen molar-refractivity contribution in [3.63, 3.8) is 0 Å². The van der Waals surface area contributed by atoms with Crippen molar-refractivity contribution < 1.29 is 17.9 Å². The molecule has 0 fully saturated rings. The number of ether oxygens (including phenoxy) is 2. The fraction of sp³-hybridized carbons (Fsp3) is 0.192. The number of hydrogen-bond donors (Lipinski definition) is 1. The summed E-state index contributed by atoms with van der Waals surface area (Å²) in [5.41, 5.74) is 1.58. The predicted molar refractivity (Wildman–Crippen MR) is 138 cm³/mol. The van der Waals surface area contributed by atoms with Gasteiger partial charge in [-0.15, -0.1) is 12.6 Å². The molecule has 0 radical (unpaired) electrons. The molecule has 0 aliphatic carbocycles. The Hall–Kier alpha value is -3.63. The van der Waals surface area contributed by atoms with Crippen molar-refractivity contribution in [2.24, 2.45) is 4.99 Å². The number of rotatable bonds is 5. The Labute approximate surface area is 214 Å². The second kappa shape index (κ2) is 8.21. The van der Waals surface area contributed by atoms with Crippen molar-refractivity contribution in [2.45, 2.75) is 34.7 Å². The summed E-state index contributed by atoms with van der Waals surface area (Å²) in [5, 5.41) is 4.37. The first-order valence-electron chi connectivity index (χ1n) is 11.3. The highest BCUT2D eigenvalue weighted by Gasteiger charge is 2.45. The van der Waals surface area contributed by atoms with Gasteiger partial charge in [0, 0.05) is 29.8 Å². The lowest BCUT2D eigenvalue weighted by Crippen LogP contribution is -2.36. The summed E-state index contributed by atoms with van der Waals surface area (Å²) >= 11 is 4.60. The third kappa shape index (κ3) is 3.77. The van der Waals surface area contributed by atoms with E-state index in [0.29, 0.717) is 23.9 Å². The molecule has 0 N–H and O–H groups in total. The van der Waals surface area contributed by atoms with Crippen LogP contribution in [0.1, 0.15) is 30.3 Å². The minimum Gasteiger partial charge on any atom is -0.440 e. The van der Waals surface area contributed by atoms with Crippen molar-refractivity contribution in [1.82, 2.24) is 14.8 Å². The predicted octanol–water partition coefficient (Wildman–Crippen LogP) is 4.63. The molecule has 10 heteroatoms. The van der Waals surface area contributed by atoms with E-state index in [1.54, 1.807) is 17.0 Å². The molecule has 3 aromatic carbocycles. The maximum atomic E-state index is 13.3.